The summed E-state index contributed by atoms with van der Waals surface area (Å²) in [6.45, 7) is 0. The molecule has 4 heavy (non-hydrogen) atoms. The minimum Gasteiger partial charge on any atom is -1.00 e. The Morgan fingerprint density at radius 1 is 1.00 bits per heavy atom. The van der Waals surface area contributed by atoms with E-state index in [1.807, 2.05) is 0 Å². The quantitative estimate of drug-likeness (QED) is 0.307. The summed E-state index contributed by atoms with van der Waals surface area (Å²) in [7, 11) is 0. The molecule has 0 amide bonds. The first-order valence-electron chi connectivity index (χ1n) is 0. The molecule has 0 aromatic carbocycles. The average Bonchev–Trinajstić information content (AvgIpc) is 0. The molecule has 0 aliphatic rings. The van der Waals surface area contributed by atoms with E-state index in [0.717, 1.165) is 0 Å². The van der Waals surface area contributed by atoms with Crippen LogP contribution < -0.4 is 120 Å². The van der Waals surface area contributed by atoms with Crippen molar-refractivity contribution in [2.75, 3.05) is 0 Å². The van der Waals surface area contributed by atoms with Crippen LogP contribution in [0.5, 0.6) is 0 Å². The van der Waals surface area contributed by atoms with Crippen molar-refractivity contribution in [1.82, 2.24) is 0 Å². The fourth-order valence-electron chi connectivity index (χ4n) is 0. The Kier molecular flexibility index (Phi) is 92.5. The second-order valence-electron chi connectivity index (χ2n) is 0. The van der Waals surface area contributed by atoms with Crippen LogP contribution in [0.4, 0.5) is 0 Å². The summed E-state index contributed by atoms with van der Waals surface area (Å²) in [5.41, 5.74) is 0. The van der Waals surface area contributed by atoms with Gasteiger partial charge in [-0.05, 0) is 0 Å². The largest absolute Gasteiger partial charge is 1.00 e. The van der Waals surface area contributed by atoms with Gasteiger partial charge in [0.15, 0.2) is 0 Å². The van der Waals surface area contributed by atoms with E-state index in [0.29, 0.717) is 0 Å². The molecule has 0 bridgehead atoms. The summed E-state index contributed by atoms with van der Waals surface area (Å²) in [4.78, 5) is 0. The van der Waals surface area contributed by atoms with E-state index < -0.39 is 0 Å². The molecule has 0 rings (SSSR count). The summed E-state index contributed by atoms with van der Waals surface area (Å²) < 4.78 is 0. The van der Waals surface area contributed by atoms with Gasteiger partial charge < -0.3 is 18.4 Å². The first kappa shape index (κ1) is 23.6. The SMILES string of the molecule is I.[Br-].[H-].[K+].[K+]. The van der Waals surface area contributed by atoms with Gasteiger partial charge in [0.25, 0.3) is 0 Å². The van der Waals surface area contributed by atoms with Gasteiger partial charge in [-0.25, -0.2) is 0 Å². The van der Waals surface area contributed by atoms with E-state index >= 15 is 0 Å². The molecule has 0 saturated carbocycles. The number of hydrogen-bond acceptors (Lipinski definition) is 0. The van der Waals surface area contributed by atoms with Gasteiger partial charge in [-0.3, -0.25) is 0 Å². The molecule has 18 valence electrons. The van der Waals surface area contributed by atoms with Gasteiger partial charge in [-0.2, -0.15) is 0 Å². The van der Waals surface area contributed by atoms with Crippen LogP contribution in [-0.4, -0.2) is 0 Å². The van der Waals surface area contributed by atoms with Crippen molar-refractivity contribution in [1.29, 1.82) is 0 Å². The standard InChI is InChI=1S/BrH.HI.2K.H/h2*1H;;;/q;;2*+1;-1/p-1. The summed E-state index contributed by atoms with van der Waals surface area (Å²) in [6, 6.07) is 0. The summed E-state index contributed by atoms with van der Waals surface area (Å²) in [5.74, 6) is 0. The van der Waals surface area contributed by atoms with Crippen LogP contribution in [-0.2, 0) is 0 Å². The van der Waals surface area contributed by atoms with Crippen molar-refractivity contribution < 1.29 is 121 Å². The molecule has 0 unspecified atom stereocenters. The molecule has 0 N–H and O–H groups in total. The molecular formula is H2BrIK2. The zero-order chi connectivity index (χ0) is 0. The van der Waals surface area contributed by atoms with Crippen LogP contribution in [0, 0.1) is 0 Å². The van der Waals surface area contributed by atoms with Crippen LogP contribution in [0.1, 0.15) is 1.43 Å². The van der Waals surface area contributed by atoms with Crippen LogP contribution in [0.25, 0.3) is 0 Å². The van der Waals surface area contributed by atoms with E-state index in [1.165, 1.54) is 0 Å². The molecule has 0 heterocycles. The molecule has 0 aromatic rings. The molecule has 4 heteroatoms. The summed E-state index contributed by atoms with van der Waals surface area (Å²) in [5, 5.41) is 0. The third-order valence-corrected chi connectivity index (χ3v) is 0. The third kappa shape index (κ3) is 9.70. The predicted molar refractivity (Wildman–Crippen MR) is 16.5 cm³/mol. The molecule has 0 aliphatic carbocycles. The number of halogens is 2. The normalized spacial score (nSPS) is 0. The Bertz CT molecular complexity index is 9.61. The Hall–Kier alpha value is 4.48. The van der Waals surface area contributed by atoms with Crippen molar-refractivity contribution in [2.45, 2.75) is 0 Å². The maximum atomic E-state index is 0. The summed E-state index contributed by atoms with van der Waals surface area (Å²) >= 11 is 0. The van der Waals surface area contributed by atoms with Gasteiger partial charge in [-0.1, -0.05) is 0 Å². The van der Waals surface area contributed by atoms with Gasteiger partial charge in [0.05, 0.1) is 0 Å². The average molecular weight is 287 g/mol. The molecule has 0 aliphatic heterocycles. The van der Waals surface area contributed by atoms with E-state index in [1.54, 1.807) is 0 Å². The Morgan fingerprint density at radius 3 is 1.00 bits per heavy atom. The topological polar surface area (TPSA) is 0 Å². The fourth-order valence-corrected chi connectivity index (χ4v) is 0. The predicted octanol–water partition coefficient (Wildman–Crippen LogP) is -8.26. The molecule has 0 atom stereocenters. The Morgan fingerprint density at radius 2 is 1.00 bits per heavy atom. The van der Waals surface area contributed by atoms with Crippen molar-refractivity contribution in [2.24, 2.45) is 0 Å². The third-order valence-electron chi connectivity index (χ3n) is 0. The fraction of sp³-hybridized carbons (Fsp3) is 0. The van der Waals surface area contributed by atoms with Gasteiger partial charge in [0, 0.05) is 0 Å². The van der Waals surface area contributed by atoms with Crippen LogP contribution in [0.3, 0.4) is 0 Å². The molecular weight excluding hydrogens is 285 g/mol. The maximum absolute atomic E-state index is 0. The van der Waals surface area contributed by atoms with Crippen LogP contribution in [0.15, 0.2) is 0 Å². The molecule has 0 radical (unpaired) electrons. The zero-order valence-electron chi connectivity index (χ0n) is 3.79. The molecule has 0 fully saturated rings. The first-order chi connectivity index (χ1) is 0. The zero-order valence-corrected chi connectivity index (χ0v) is 12.9. The number of rotatable bonds is 0. The van der Waals surface area contributed by atoms with Crippen molar-refractivity contribution in [3.63, 3.8) is 0 Å². The van der Waals surface area contributed by atoms with Crippen molar-refractivity contribution in [3.8, 4) is 0 Å². The smallest absolute Gasteiger partial charge is 1.00 e. The van der Waals surface area contributed by atoms with Gasteiger partial charge in [-0.15, -0.1) is 24.0 Å². The maximum Gasteiger partial charge on any atom is 1.00 e. The van der Waals surface area contributed by atoms with Crippen LogP contribution >= 0.6 is 24.0 Å². The van der Waals surface area contributed by atoms with Crippen molar-refractivity contribution in [3.05, 3.63) is 0 Å². The Labute approximate surface area is 140 Å². The van der Waals surface area contributed by atoms with E-state index in [9.17, 15) is 0 Å². The van der Waals surface area contributed by atoms with Crippen molar-refractivity contribution >= 4 is 24.0 Å². The Balaban J connectivity index is 0. The first-order valence-corrected chi connectivity index (χ1v) is 0. The monoisotopic (exact) mass is 286 g/mol. The van der Waals surface area contributed by atoms with Gasteiger partial charge >= 0.3 is 103 Å². The molecule has 0 spiro atoms. The molecule has 0 nitrogen and oxygen atoms in total. The number of hydrogen-bond donors (Lipinski definition) is 0. The second kappa shape index (κ2) is 15.6. The minimum absolute atomic E-state index is 0. The minimum atomic E-state index is 0. The summed E-state index contributed by atoms with van der Waals surface area (Å²) in [6.07, 6.45) is 0. The van der Waals surface area contributed by atoms with E-state index in [-0.39, 0.29) is 145 Å². The van der Waals surface area contributed by atoms with Gasteiger partial charge in [0.1, 0.15) is 0 Å². The molecule has 0 aromatic heterocycles. The van der Waals surface area contributed by atoms with Crippen LogP contribution in [0.2, 0.25) is 0 Å². The second-order valence-corrected chi connectivity index (χ2v) is 0. The van der Waals surface area contributed by atoms with Gasteiger partial charge in [0.2, 0.25) is 0 Å². The van der Waals surface area contributed by atoms with E-state index in [2.05, 4.69) is 0 Å². The van der Waals surface area contributed by atoms with E-state index in [4.69, 9.17) is 0 Å². The molecule has 0 saturated heterocycles.